The van der Waals surface area contributed by atoms with Crippen LogP contribution in [0.3, 0.4) is 0 Å². The number of aryl methyl sites for hydroxylation is 1. The first-order valence-electron chi connectivity index (χ1n) is 11.9. The van der Waals surface area contributed by atoms with Crippen LogP contribution in [0.2, 0.25) is 4.34 Å². The van der Waals surface area contributed by atoms with Crippen LogP contribution in [0.5, 0.6) is 0 Å². The topological polar surface area (TPSA) is 106 Å². The lowest BCUT2D eigenvalue weighted by Crippen LogP contribution is -2.44. The highest BCUT2D eigenvalue weighted by Gasteiger charge is 2.26. The van der Waals surface area contributed by atoms with Crippen molar-refractivity contribution in [3.05, 3.63) is 63.3 Å². The molecule has 0 bridgehead atoms. The van der Waals surface area contributed by atoms with E-state index in [1.807, 2.05) is 37.1 Å². The van der Waals surface area contributed by atoms with Crippen molar-refractivity contribution < 1.29 is 19.1 Å². The number of nitrogens with zero attached hydrogens (tertiary/aromatic N) is 3. The number of rotatable bonds is 11. The highest BCUT2D eigenvalue weighted by Crippen LogP contribution is 2.32. The van der Waals surface area contributed by atoms with Crippen molar-refractivity contribution in [3.63, 3.8) is 0 Å². The first-order chi connectivity index (χ1) is 17.9. The second-order valence-electron chi connectivity index (χ2n) is 8.40. The summed E-state index contributed by atoms with van der Waals surface area (Å²) >= 11 is 8.40. The quantitative estimate of drug-likeness (QED) is 0.269. The summed E-state index contributed by atoms with van der Waals surface area (Å²) in [5.41, 5.74) is 1.92. The van der Waals surface area contributed by atoms with Crippen LogP contribution in [0.15, 0.2) is 47.6 Å². The van der Waals surface area contributed by atoms with Gasteiger partial charge in [-0.2, -0.15) is 0 Å². The van der Waals surface area contributed by atoms with Gasteiger partial charge in [-0.1, -0.05) is 24.6 Å². The summed E-state index contributed by atoms with van der Waals surface area (Å²) in [7, 11) is 1.82. The number of amides is 2. The summed E-state index contributed by atoms with van der Waals surface area (Å²) in [5, 5.41) is 2.79. The lowest BCUT2D eigenvalue weighted by molar-refractivity contribution is -0.147. The van der Waals surface area contributed by atoms with Gasteiger partial charge >= 0.3 is 5.97 Å². The van der Waals surface area contributed by atoms with Gasteiger partial charge in [0.2, 0.25) is 5.91 Å². The molecule has 12 heteroatoms. The molecule has 196 valence electrons. The van der Waals surface area contributed by atoms with Gasteiger partial charge in [0.05, 0.1) is 9.21 Å². The second kappa shape index (κ2) is 12.6. The van der Waals surface area contributed by atoms with Crippen LogP contribution < -0.4 is 14.9 Å². The number of thiophene rings is 1. The summed E-state index contributed by atoms with van der Waals surface area (Å²) < 4.78 is 11.0. The van der Waals surface area contributed by atoms with Gasteiger partial charge in [-0.25, -0.2) is 9.71 Å². The summed E-state index contributed by atoms with van der Waals surface area (Å²) in [5.74, 6) is -0.122. The van der Waals surface area contributed by atoms with Crippen molar-refractivity contribution in [1.82, 2.24) is 19.6 Å². The number of carbonyl (C=O) groups is 3. The Kier molecular flexibility index (Phi) is 9.25. The van der Waals surface area contributed by atoms with Crippen LogP contribution in [-0.2, 0) is 34.4 Å². The number of esters is 1. The van der Waals surface area contributed by atoms with Gasteiger partial charge in [0.1, 0.15) is 18.5 Å². The van der Waals surface area contributed by atoms with Gasteiger partial charge in [-0.05, 0) is 54.6 Å². The van der Waals surface area contributed by atoms with E-state index >= 15 is 0 Å². The van der Waals surface area contributed by atoms with Gasteiger partial charge in [0, 0.05) is 49.5 Å². The monoisotopic (exact) mass is 561 g/mol. The Labute approximate surface area is 228 Å². The number of nitrogens with one attached hydrogen (secondary N) is 2. The highest BCUT2D eigenvalue weighted by molar-refractivity contribution is 7.97. The number of ether oxygens (including phenoxy) is 1. The fraction of sp³-hybridized carbons (Fsp3) is 0.360. The third kappa shape index (κ3) is 6.72. The zero-order chi connectivity index (χ0) is 26.4. The molecule has 1 aromatic carbocycles. The molecule has 0 radical (unpaired) electrons. The predicted molar refractivity (Wildman–Crippen MR) is 145 cm³/mol. The smallest absolute Gasteiger partial charge is 0.326 e. The predicted octanol–water partition coefficient (Wildman–Crippen LogP) is 3.96. The minimum absolute atomic E-state index is 0.00637. The molecule has 1 aliphatic rings. The number of imidazole rings is 1. The summed E-state index contributed by atoms with van der Waals surface area (Å²) in [4.78, 5) is 45.3. The molecule has 2 aromatic heterocycles. The Morgan fingerprint density at radius 3 is 2.78 bits per heavy atom. The molecule has 3 heterocycles. The number of aromatic nitrogens is 2. The molecule has 1 aliphatic heterocycles. The summed E-state index contributed by atoms with van der Waals surface area (Å²) in [6.07, 6.45) is 5.51. The van der Waals surface area contributed by atoms with E-state index in [1.54, 1.807) is 29.1 Å². The lowest BCUT2D eigenvalue weighted by Gasteiger charge is -2.22. The van der Waals surface area contributed by atoms with E-state index in [0.29, 0.717) is 34.4 Å². The third-order valence-corrected chi connectivity index (χ3v) is 8.18. The van der Waals surface area contributed by atoms with E-state index in [9.17, 15) is 14.4 Å². The molecule has 0 aliphatic carbocycles. The molecular formula is C25H28ClN5O4S2. The largest absolute Gasteiger partial charge is 0.456 e. The Hall–Kier alpha value is -2.86. The number of hydrogen-bond acceptors (Lipinski definition) is 8. The molecule has 3 aromatic rings. The molecule has 2 amide bonds. The number of carbonyl (C=O) groups excluding carboxylic acids is 3. The maximum atomic E-state index is 13.0. The summed E-state index contributed by atoms with van der Waals surface area (Å²) in [6.45, 7) is 2.75. The molecule has 1 atom stereocenters. The zero-order valence-corrected chi connectivity index (χ0v) is 22.9. The van der Waals surface area contributed by atoms with E-state index < -0.39 is 12.0 Å². The second-order valence-corrected chi connectivity index (χ2v) is 11.0. The maximum Gasteiger partial charge on any atom is 0.326 e. The number of anilines is 1. The average molecular weight is 562 g/mol. The first kappa shape index (κ1) is 27.2. The minimum Gasteiger partial charge on any atom is -0.456 e. The number of benzene rings is 1. The molecule has 9 nitrogen and oxygen atoms in total. The van der Waals surface area contributed by atoms with Gasteiger partial charge in [-0.3, -0.25) is 14.4 Å². The Bertz CT molecular complexity index is 1280. The van der Waals surface area contributed by atoms with Gasteiger partial charge in [0.15, 0.2) is 0 Å². The van der Waals surface area contributed by atoms with Crippen molar-refractivity contribution in [3.8, 4) is 0 Å². The van der Waals surface area contributed by atoms with E-state index in [4.69, 9.17) is 16.3 Å². The van der Waals surface area contributed by atoms with Gasteiger partial charge in [0.25, 0.3) is 5.91 Å². The lowest BCUT2D eigenvalue weighted by atomic mass is 10.1. The fourth-order valence-corrected chi connectivity index (χ4v) is 5.89. The van der Waals surface area contributed by atoms with Crippen molar-refractivity contribution in [2.24, 2.45) is 7.05 Å². The molecule has 4 rings (SSSR count). The minimum atomic E-state index is -0.841. The van der Waals surface area contributed by atoms with Crippen molar-refractivity contribution in [2.45, 2.75) is 43.7 Å². The molecule has 1 saturated heterocycles. The molecule has 37 heavy (non-hydrogen) atoms. The van der Waals surface area contributed by atoms with Gasteiger partial charge in [-0.15, -0.1) is 11.3 Å². The zero-order valence-electron chi connectivity index (χ0n) is 20.5. The van der Waals surface area contributed by atoms with E-state index in [1.165, 1.54) is 11.9 Å². The molecular weight excluding hydrogens is 534 g/mol. The highest BCUT2D eigenvalue weighted by atomic mass is 35.5. The van der Waals surface area contributed by atoms with Crippen LogP contribution in [-0.4, -0.2) is 46.5 Å². The maximum absolute atomic E-state index is 13.0. The molecule has 0 saturated carbocycles. The molecule has 0 unspecified atom stereocenters. The van der Waals surface area contributed by atoms with Crippen molar-refractivity contribution in [2.75, 3.05) is 18.0 Å². The molecule has 1 fully saturated rings. The number of halogens is 1. The van der Waals surface area contributed by atoms with Crippen LogP contribution in [0.25, 0.3) is 0 Å². The third-order valence-electron chi connectivity index (χ3n) is 5.95. The fourth-order valence-electron chi connectivity index (χ4n) is 3.96. The Morgan fingerprint density at radius 1 is 1.30 bits per heavy atom. The first-order valence-corrected chi connectivity index (χ1v) is 13.9. The van der Waals surface area contributed by atoms with Crippen LogP contribution >= 0.6 is 34.9 Å². The Balaban J connectivity index is 1.47. The standard InChI is InChI=1S/C25H28ClN5O4S2/c1-3-16-18(31-12-5-8-23(31)32)6-4-7-19(16)37-29-17(14-28-24(33)20-9-10-21(26)36-20)25(34)35-15-22-27-11-13-30(22)2/h4,6-7,9-11,13,17,29H,3,5,8,12,14-15H2,1-2H3,(H,28,33)/t17-/m0/s1. The van der Waals surface area contributed by atoms with Crippen molar-refractivity contribution in [1.29, 1.82) is 0 Å². The van der Waals surface area contributed by atoms with E-state index in [-0.39, 0.29) is 25.0 Å². The normalized spacial score (nSPS) is 14.1. The van der Waals surface area contributed by atoms with Crippen LogP contribution in [0.4, 0.5) is 5.69 Å². The van der Waals surface area contributed by atoms with Gasteiger partial charge < -0.3 is 19.5 Å². The van der Waals surface area contributed by atoms with Crippen molar-refractivity contribution >= 4 is 58.4 Å². The van der Waals surface area contributed by atoms with E-state index in [0.717, 1.165) is 33.9 Å². The molecule has 2 N–H and O–H groups in total. The van der Waals surface area contributed by atoms with E-state index in [2.05, 4.69) is 15.0 Å². The SMILES string of the molecule is CCc1c(SN[C@@H](CNC(=O)c2ccc(Cl)s2)C(=O)OCc2nccn2C)cccc1N1CCCC1=O. The molecule has 0 spiro atoms. The number of hydrogen-bond donors (Lipinski definition) is 2. The van der Waals surface area contributed by atoms with Crippen LogP contribution in [0.1, 0.15) is 40.8 Å². The summed E-state index contributed by atoms with van der Waals surface area (Å²) in [6, 6.07) is 8.25. The Morgan fingerprint density at radius 2 is 2.14 bits per heavy atom. The average Bonchev–Trinajstić information content (AvgIpc) is 3.63. The van der Waals surface area contributed by atoms with Crippen LogP contribution in [0, 0.1) is 0 Å².